The van der Waals surface area contributed by atoms with E-state index in [-0.39, 0.29) is 18.7 Å². The zero-order valence-electron chi connectivity index (χ0n) is 17.9. The maximum atomic E-state index is 13.7. The Balaban J connectivity index is 1.81. The minimum atomic E-state index is -5.58. The van der Waals surface area contributed by atoms with Gasteiger partial charge >= 0.3 is 15.5 Å². The molecule has 0 saturated heterocycles. The Morgan fingerprint density at radius 2 is 1.74 bits per heavy atom. The maximum Gasteiger partial charge on any atom is 0.511 e. The van der Waals surface area contributed by atoms with Crippen molar-refractivity contribution in [1.82, 2.24) is 9.29 Å². The number of sulfonamides is 1. The van der Waals surface area contributed by atoms with E-state index in [4.69, 9.17) is 5.73 Å². The lowest BCUT2D eigenvalue weighted by molar-refractivity contribution is -0.0492. The highest BCUT2D eigenvalue weighted by Crippen LogP contribution is 2.35. The summed E-state index contributed by atoms with van der Waals surface area (Å²) in [6, 6.07) is 16.5. The SMILES string of the molecule is Nc1cc(CN2c3ccccc3CN(S(=O)(=O)C(F)(F)F)CC2Cc2ccccc2)ncc1F. The highest BCUT2D eigenvalue weighted by molar-refractivity contribution is 7.89. The summed E-state index contributed by atoms with van der Waals surface area (Å²) in [6.45, 7) is -0.736. The molecule has 0 spiro atoms. The van der Waals surface area contributed by atoms with E-state index in [1.165, 1.54) is 6.07 Å². The Morgan fingerprint density at radius 3 is 2.41 bits per heavy atom. The van der Waals surface area contributed by atoms with Crippen LogP contribution in [-0.2, 0) is 29.5 Å². The molecule has 2 aromatic carbocycles. The van der Waals surface area contributed by atoms with Gasteiger partial charge in [-0.25, -0.2) is 12.8 Å². The van der Waals surface area contributed by atoms with Crippen molar-refractivity contribution >= 4 is 21.4 Å². The quantitative estimate of drug-likeness (QED) is 0.541. The van der Waals surface area contributed by atoms with Gasteiger partial charge < -0.3 is 10.6 Å². The third-order valence-corrected chi connectivity index (χ3v) is 7.27. The first-order chi connectivity index (χ1) is 16.1. The summed E-state index contributed by atoms with van der Waals surface area (Å²) >= 11 is 0. The van der Waals surface area contributed by atoms with E-state index in [1.54, 1.807) is 36.4 Å². The van der Waals surface area contributed by atoms with Crippen molar-refractivity contribution in [1.29, 1.82) is 0 Å². The number of nitrogen functional groups attached to an aromatic ring is 1. The normalized spacial score (nSPS) is 17.3. The Kier molecular flexibility index (Phi) is 6.50. The monoisotopic (exact) mass is 494 g/mol. The highest BCUT2D eigenvalue weighted by atomic mass is 32.2. The van der Waals surface area contributed by atoms with Crippen LogP contribution < -0.4 is 10.6 Å². The average Bonchev–Trinajstić information content (AvgIpc) is 2.94. The van der Waals surface area contributed by atoms with Crippen LogP contribution in [0.3, 0.4) is 0 Å². The second-order valence-corrected chi connectivity index (χ2v) is 9.97. The fourth-order valence-electron chi connectivity index (χ4n) is 4.08. The molecule has 0 radical (unpaired) electrons. The Hall–Kier alpha value is -3.18. The molecule has 6 nitrogen and oxygen atoms in total. The van der Waals surface area contributed by atoms with Gasteiger partial charge in [-0.1, -0.05) is 48.5 Å². The third kappa shape index (κ3) is 4.85. The van der Waals surface area contributed by atoms with Crippen LogP contribution in [0.4, 0.5) is 28.9 Å². The van der Waals surface area contributed by atoms with E-state index in [1.807, 2.05) is 23.1 Å². The van der Waals surface area contributed by atoms with Crippen LogP contribution in [0, 0.1) is 5.82 Å². The minimum Gasteiger partial charge on any atom is -0.396 e. The lowest BCUT2D eigenvalue weighted by atomic mass is 10.0. The standard InChI is InChI=1S/C23H22F4N4O2S/c24-20-12-29-18(11-21(20)28)14-31-19(10-16-6-2-1-3-7-16)15-30(34(32,33)23(25,26)27)13-17-8-4-5-9-22(17)31/h1-9,11-12,19H,10,13-15H2,(H2,28,29). The summed E-state index contributed by atoms with van der Waals surface area (Å²) in [5, 5.41) is 0. The number of nitrogens with zero attached hydrogens (tertiary/aromatic N) is 3. The molecular formula is C23H22F4N4O2S. The van der Waals surface area contributed by atoms with Gasteiger partial charge in [0.05, 0.1) is 24.1 Å². The molecular weight excluding hydrogens is 472 g/mol. The molecule has 34 heavy (non-hydrogen) atoms. The van der Waals surface area contributed by atoms with E-state index in [0.717, 1.165) is 11.8 Å². The van der Waals surface area contributed by atoms with E-state index < -0.39 is 40.5 Å². The van der Waals surface area contributed by atoms with Crippen LogP contribution in [0.15, 0.2) is 66.9 Å². The van der Waals surface area contributed by atoms with Crippen molar-refractivity contribution < 1.29 is 26.0 Å². The molecule has 1 atom stereocenters. The number of fused-ring (bicyclic) bond motifs is 1. The number of hydrogen-bond acceptors (Lipinski definition) is 5. The molecule has 0 saturated carbocycles. The van der Waals surface area contributed by atoms with E-state index in [0.29, 0.717) is 21.2 Å². The van der Waals surface area contributed by atoms with E-state index in [2.05, 4.69) is 4.98 Å². The zero-order valence-corrected chi connectivity index (χ0v) is 18.7. The number of alkyl halides is 3. The van der Waals surface area contributed by atoms with Gasteiger partial charge in [-0.15, -0.1) is 0 Å². The largest absolute Gasteiger partial charge is 0.511 e. The lowest BCUT2D eigenvalue weighted by Crippen LogP contribution is -2.47. The van der Waals surface area contributed by atoms with Gasteiger partial charge in [-0.05, 0) is 29.7 Å². The molecule has 1 aliphatic rings. The molecule has 1 unspecified atom stereocenters. The first-order valence-corrected chi connectivity index (χ1v) is 11.8. The topological polar surface area (TPSA) is 79.5 Å². The Bertz CT molecular complexity index is 1270. The number of hydrogen-bond donors (Lipinski definition) is 1. The summed E-state index contributed by atoms with van der Waals surface area (Å²) in [5.74, 6) is -0.678. The second kappa shape index (κ2) is 9.22. The Labute approximate surface area is 194 Å². The molecule has 0 fully saturated rings. The maximum absolute atomic E-state index is 13.7. The number of para-hydroxylation sites is 1. The first-order valence-electron chi connectivity index (χ1n) is 10.4. The molecule has 2 N–H and O–H groups in total. The fourth-order valence-corrected chi connectivity index (χ4v) is 5.05. The summed E-state index contributed by atoms with van der Waals surface area (Å²) in [4.78, 5) is 5.89. The van der Waals surface area contributed by atoms with E-state index >= 15 is 0 Å². The van der Waals surface area contributed by atoms with Crippen LogP contribution in [0.5, 0.6) is 0 Å². The number of halogens is 4. The predicted octanol–water partition coefficient (Wildman–Crippen LogP) is 4.09. The van der Waals surface area contributed by atoms with Gasteiger partial charge in [0.1, 0.15) is 0 Å². The van der Waals surface area contributed by atoms with Gasteiger partial charge in [0.15, 0.2) is 5.82 Å². The lowest BCUT2D eigenvalue weighted by Gasteiger charge is -2.34. The van der Waals surface area contributed by atoms with Crippen molar-refractivity contribution in [2.75, 3.05) is 17.2 Å². The Morgan fingerprint density at radius 1 is 1.06 bits per heavy atom. The number of benzene rings is 2. The van der Waals surface area contributed by atoms with Crippen LogP contribution in [0.2, 0.25) is 0 Å². The molecule has 4 rings (SSSR count). The number of anilines is 2. The molecule has 1 aromatic heterocycles. The van der Waals surface area contributed by atoms with Gasteiger partial charge in [0.2, 0.25) is 0 Å². The van der Waals surface area contributed by atoms with Gasteiger partial charge in [-0.3, -0.25) is 4.98 Å². The summed E-state index contributed by atoms with van der Waals surface area (Å²) in [7, 11) is -5.58. The number of aromatic nitrogens is 1. The second-order valence-electron chi connectivity index (χ2n) is 8.04. The van der Waals surface area contributed by atoms with Gasteiger partial charge in [0, 0.05) is 24.8 Å². The van der Waals surface area contributed by atoms with Crippen molar-refractivity contribution in [2.45, 2.75) is 31.1 Å². The summed E-state index contributed by atoms with van der Waals surface area (Å²) < 4.78 is 79.5. The van der Waals surface area contributed by atoms with Crippen LogP contribution in [-0.4, -0.2) is 35.8 Å². The molecule has 0 amide bonds. The van der Waals surface area contributed by atoms with Crippen molar-refractivity contribution in [3.8, 4) is 0 Å². The molecule has 1 aliphatic heterocycles. The fraction of sp³-hybridized carbons (Fsp3) is 0.261. The molecule has 3 aromatic rings. The number of nitrogens with two attached hydrogens (primary N) is 1. The summed E-state index contributed by atoms with van der Waals surface area (Å²) in [6.07, 6.45) is 1.26. The van der Waals surface area contributed by atoms with Crippen LogP contribution in [0.25, 0.3) is 0 Å². The predicted molar refractivity (Wildman–Crippen MR) is 121 cm³/mol. The van der Waals surface area contributed by atoms with E-state index in [9.17, 15) is 26.0 Å². The third-order valence-electron chi connectivity index (χ3n) is 5.72. The smallest absolute Gasteiger partial charge is 0.396 e. The molecule has 2 heterocycles. The number of rotatable bonds is 5. The van der Waals surface area contributed by atoms with Crippen molar-refractivity contribution in [2.24, 2.45) is 0 Å². The molecule has 11 heteroatoms. The van der Waals surface area contributed by atoms with Gasteiger partial charge in [-0.2, -0.15) is 17.5 Å². The van der Waals surface area contributed by atoms with Crippen molar-refractivity contribution in [3.63, 3.8) is 0 Å². The van der Waals surface area contributed by atoms with Crippen molar-refractivity contribution in [3.05, 3.63) is 89.5 Å². The minimum absolute atomic E-state index is 0.0961. The first kappa shape index (κ1) is 24.0. The number of pyridine rings is 1. The molecule has 180 valence electrons. The van der Waals surface area contributed by atoms with Crippen LogP contribution >= 0.6 is 0 Å². The summed E-state index contributed by atoms with van der Waals surface area (Å²) in [5.41, 5.74) is 2.38. The van der Waals surface area contributed by atoms with Gasteiger partial charge in [0.25, 0.3) is 0 Å². The molecule has 0 aliphatic carbocycles. The zero-order chi connectivity index (χ0) is 24.5. The average molecular weight is 495 g/mol. The molecule has 0 bridgehead atoms. The highest BCUT2D eigenvalue weighted by Gasteiger charge is 2.51. The van der Waals surface area contributed by atoms with Crippen LogP contribution in [0.1, 0.15) is 16.8 Å².